The van der Waals surface area contributed by atoms with Crippen molar-refractivity contribution in [3.8, 4) is 0 Å². The van der Waals surface area contributed by atoms with Gasteiger partial charge in [-0.05, 0) is 61.6 Å². The number of carbonyl (C=O) groups is 2. The number of allylic oxidation sites excluding steroid dienone is 2. The highest BCUT2D eigenvalue weighted by molar-refractivity contribution is 7.85. The standard InChI is InChI=1S/C26H31ClN4O2S/c1-3-30(21-11-14-28-15-12-21)16-6-7-19(2)17-31-18-20-8-4-9-22(24(20)26(31)33)29-25(32)23(34)10-5-13-27/h4-5,8-15,19,34H,3,6-7,16-18H2,1-2H3,(H,29,32)/b13-5+,23-10-. The third-order valence-electron chi connectivity index (χ3n) is 5.89. The van der Waals surface area contributed by atoms with Crippen molar-refractivity contribution in [2.45, 2.75) is 33.2 Å². The summed E-state index contributed by atoms with van der Waals surface area (Å²) < 4.78 is 0. The smallest absolute Gasteiger partial charge is 0.261 e. The van der Waals surface area contributed by atoms with E-state index in [0.29, 0.717) is 30.3 Å². The van der Waals surface area contributed by atoms with Crippen LogP contribution in [0.25, 0.3) is 0 Å². The third kappa shape index (κ3) is 6.64. The lowest BCUT2D eigenvalue weighted by molar-refractivity contribution is -0.112. The molecule has 1 aliphatic heterocycles. The van der Waals surface area contributed by atoms with Crippen molar-refractivity contribution >= 4 is 47.4 Å². The molecule has 3 rings (SSSR count). The maximum atomic E-state index is 13.2. The van der Waals surface area contributed by atoms with Crippen LogP contribution in [0, 0.1) is 5.92 Å². The lowest BCUT2D eigenvalue weighted by Crippen LogP contribution is -2.30. The Morgan fingerprint density at radius 3 is 2.79 bits per heavy atom. The zero-order chi connectivity index (χ0) is 24.5. The van der Waals surface area contributed by atoms with Crippen LogP contribution in [-0.2, 0) is 11.3 Å². The van der Waals surface area contributed by atoms with Gasteiger partial charge in [-0.1, -0.05) is 30.7 Å². The molecule has 0 fully saturated rings. The Bertz CT molecular complexity index is 1060. The number of halogens is 1. The second kappa shape index (κ2) is 12.6. The fraction of sp³-hybridized carbons (Fsp3) is 0.346. The van der Waals surface area contributed by atoms with Crippen molar-refractivity contribution in [1.82, 2.24) is 9.88 Å². The Morgan fingerprint density at radius 1 is 1.32 bits per heavy atom. The van der Waals surface area contributed by atoms with Gasteiger partial charge in [0.1, 0.15) is 0 Å². The van der Waals surface area contributed by atoms with Crippen LogP contribution < -0.4 is 10.2 Å². The molecule has 2 heterocycles. The molecule has 1 aromatic carbocycles. The molecule has 2 aromatic rings. The quantitative estimate of drug-likeness (QED) is 0.244. The fourth-order valence-electron chi connectivity index (χ4n) is 4.18. The molecule has 0 spiro atoms. The van der Waals surface area contributed by atoms with Gasteiger partial charge in [0.25, 0.3) is 11.8 Å². The number of nitrogens with zero attached hydrogens (tertiary/aromatic N) is 3. The maximum absolute atomic E-state index is 13.2. The fourth-order valence-corrected chi connectivity index (χ4v) is 4.40. The van der Waals surface area contributed by atoms with Gasteiger partial charge >= 0.3 is 0 Å². The summed E-state index contributed by atoms with van der Waals surface area (Å²) >= 11 is 9.69. The molecular formula is C26H31ClN4O2S. The highest BCUT2D eigenvalue weighted by atomic mass is 35.5. The van der Waals surface area contributed by atoms with E-state index < -0.39 is 0 Å². The first-order chi connectivity index (χ1) is 16.4. The predicted molar refractivity (Wildman–Crippen MR) is 142 cm³/mol. The number of amides is 2. The summed E-state index contributed by atoms with van der Waals surface area (Å²) in [4.78, 5) is 34.1. The van der Waals surface area contributed by atoms with Crippen LogP contribution in [0.5, 0.6) is 0 Å². The molecular weight excluding hydrogens is 468 g/mol. The van der Waals surface area contributed by atoms with Gasteiger partial charge in [-0.25, -0.2) is 0 Å². The average molecular weight is 499 g/mol. The Morgan fingerprint density at radius 2 is 2.09 bits per heavy atom. The minimum absolute atomic E-state index is 0.0462. The van der Waals surface area contributed by atoms with Gasteiger partial charge in [-0.3, -0.25) is 14.6 Å². The number of benzene rings is 1. The number of hydrogen-bond donors (Lipinski definition) is 2. The number of carbonyl (C=O) groups excluding carboxylic acids is 2. The molecule has 8 heteroatoms. The van der Waals surface area contributed by atoms with E-state index in [1.807, 2.05) is 41.6 Å². The molecule has 0 saturated carbocycles. The summed E-state index contributed by atoms with van der Waals surface area (Å²) in [6.45, 7) is 7.48. The Labute approximate surface area is 212 Å². The van der Waals surface area contributed by atoms with Crippen LogP contribution in [0.15, 0.2) is 65.3 Å². The molecule has 2 amide bonds. The van der Waals surface area contributed by atoms with E-state index in [1.54, 1.807) is 6.07 Å². The normalized spacial score (nSPS) is 14.4. The summed E-state index contributed by atoms with van der Waals surface area (Å²) in [5.74, 6) is -0.0716. The average Bonchev–Trinajstić information content (AvgIpc) is 3.16. The number of thiol groups is 1. The molecule has 1 aromatic heterocycles. The Hall–Kier alpha value is -2.77. The molecule has 34 heavy (non-hydrogen) atoms. The van der Waals surface area contributed by atoms with Crippen LogP contribution in [0.1, 0.15) is 42.6 Å². The van der Waals surface area contributed by atoms with E-state index >= 15 is 0 Å². The first kappa shape index (κ1) is 25.8. The Balaban J connectivity index is 1.56. The highest BCUT2D eigenvalue weighted by Gasteiger charge is 2.31. The van der Waals surface area contributed by atoms with E-state index in [-0.39, 0.29) is 16.7 Å². The van der Waals surface area contributed by atoms with Gasteiger partial charge in [0.15, 0.2) is 0 Å². The van der Waals surface area contributed by atoms with Crippen LogP contribution in [0.3, 0.4) is 0 Å². The monoisotopic (exact) mass is 498 g/mol. The van der Waals surface area contributed by atoms with Gasteiger partial charge in [-0.2, -0.15) is 0 Å². The van der Waals surface area contributed by atoms with E-state index in [0.717, 1.165) is 31.5 Å². The minimum Gasteiger partial charge on any atom is -0.372 e. The lowest BCUT2D eigenvalue weighted by atomic mass is 10.0. The van der Waals surface area contributed by atoms with Crippen LogP contribution >= 0.6 is 24.2 Å². The van der Waals surface area contributed by atoms with Crippen molar-refractivity contribution in [2.24, 2.45) is 5.92 Å². The summed E-state index contributed by atoms with van der Waals surface area (Å²) in [6.07, 6.45) is 8.72. The van der Waals surface area contributed by atoms with Gasteiger partial charge in [-0.15, -0.1) is 12.6 Å². The van der Waals surface area contributed by atoms with Crippen molar-refractivity contribution in [3.63, 3.8) is 0 Å². The van der Waals surface area contributed by atoms with Gasteiger partial charge < -0.3 is 15.1 Å². The van der Waals surface area contributed by atoms with Gasteiger partial charge in [0, 0.05) is 49.8 Å². The number of hydrogen-bond acceptors (Lipinski definition) is 5. The molecule has 180 valence electrons. The van der Waals surface area contributed by atoms with E-state index in [1.165, 1.54) is 23.4 Å². The molecule has 1 atom stereocenters. The molecule has 0 bridgehead atoms. The summed E-state index contributed by atoms with van der Waals surface area (Å²) in [5.41, 5.74) is 4.48. The summed E-state index contributed by atoms with van der Waals surface area (Å²) in [6, 6.07) is 9.61. The zero-order valence-corrected chi connectivity index (χ0v) is 21.2. The molecule has 0 aliphatic carbocycles. The number of aromatic nitrogens is 1. The molecule has 1 N–H and O–H groups in total. The molecule has 0 saturated heterocycles. The van der Waals surface area contributed by atoms with Crippen molar-refractivity contribution in [3.05, 3.63) is 76.4 Å². The predicted octanol–water partition coefficient (Wildman–Crippen LogP) is 5.48. The topological polar surface area (TPSA) is 65.5 Å². The van der Waals surface area contributed by atoms with Crippen LogP contribution in [-0.4, -0.2) is 41.3 Å². The SMILES string of the molecule is CCN(CCCC(C)CN1Cc2cccc(NC(=O)/C(S)=C/C=C/Cl)c2C1=O)c1ccncc1. The summed E-state index contributed by atoms with van der Waals surface area (Å²) in [5, 5.41) is 2.81. The Kier molecular flexibility index (Phi) is 9.60. The minimum atomic E-state index is -0.388. The maximum Gasteiger partial charge on any atom is 0.261 e. The van der Waals surface area contributed by atoms with Crippen molar-refractivity contribution < 1.29 is 9.59 Å². The second-order valence-corrected chi connectivity index (χ2v) is 9.12. The third-order valence-corrected chi connectivity index (χ3v) is 6.38. The van der Waals surface area contributed by atoms with Gasteiger partial charge in [0.05, 0.1) is 16.2 Å². The lowest BCUT2D eigenvalue weighted by Gasteiger charge is -2.25. The van der Waals surface area contributed by atoms with Crippen molar-refractivity contribution in [2.75, 3.05) is 29.9 Å². The number of fused-ring (bicyclic) bond motifs is 1. The molecule has 6 nitrogen and oxygen atoms in total. The van der Waals surface area contributed by atoms with E-state index in [2.05, 4.69) is 41.7 Å². The van der Waals surface area contributed by atoms with Gasteiger partial charge in [0.2, 0.25) is 0 Å². The number of pyridine rings is 1. The number of nitrogens with one attached hydrogen (secondary N) is 1. The molecule has 1 aliphatic rings. The first-order valence-corrected chi connectivity index (χ1v) is 12.4. The number of rotatable bonds is 11. The second-order valence-electron chi connectivity index (χ2n) is 8.38. The molecule has 0 radical (unpaired) electrons. The zero-order valence-electron chi connectivity index (χ0n) is 19.6. The van der Waals surface area contributed by atoms with E-state index in [9.17, 15) is 9.59 Å². The number of anilines is 2. The van der Waals surface area contributed by atoms with E-state index in [4.69, 9.17) is 11.6 Å². The van der Waals surface area contributed by atoms with Crippen LogP contribution in [0.2, 0.25) is 0 Å². The molecule has 1 unspecified atom stereocenters. The van der Waals surface area contributed by atoms with Crippen LogP contribution in [0.4, 0.5) is 11.4 Å². The van der Waals surface area contributed by atoms with Crippen molar-refractivity contribution in [1.29, 1.82) is 0 Å². The first-order valence-electron chi connectivity index (χ1n) is 11.5. The highest BCUT2D eigenvalue weighted by Crippen LogP contribution is 2.30. The summed E-state index contributed by atoms with van der Waals surface area (Å²) in [7, 11) is 0. The largest absolute Gasteiger partial charge is 0.372 e.